The van der Waals surface area contributed by atoms with Crippen LogP contribution in [0.4, 0.5) is 0 Å². The maximum absolute atomic E-state index is 13.4. The third kappa shape index (κ3) is 6.35. The lowest BCUT2D eigenvalue weighted by Crippen LogP contribution is -2.59. The van der Waals surface area contributed by atoms with Crippen molar-refractivity contribution in [2.24, 2.45) is 0 Å². The highest BCUT2D eigenvalue weighted by atomic mass is 16.2. The summed E-state index contributed by atoms with van der Waals surface area (Å²) in [5.41, 5.74) is 2.92. The SMILES string of the molecule is CN(CC1CN(C(=O)c2cccnc2)CCN1C(c1ccccc1)c1ccccc1)C(=O)CCn1cnnn1. The first-order chi connectivity index (χ1) is 19.1. The number of nitrogens with zero attached hydrogens (tertiary/aromatic N) is 8. The van der Waals surface area contributed by atoms with E-state index < -0.39 is 0 Å². The average molecular weight is 525 g/mol. The van der Waals surface area contributed by atoms with E-state index in [-0.39, 0.29) is 30.3 Å². The number of hydrogen-bond donors (Lipinski definition) is 0. The van der Waals surface area contributed by atoms with Crippen molar-refractivity contribution in [2.75, 3.05) is 33.2 Å². The Hall–Kier alpha value is -4.44. The molecule has 0 aliphatic carbocycles. The van der Waals surface area contributed by atoms with E-state index in [9.17, 15) is 9.59 Å². The van der Waals surface area contributed by atoms with Gasteiger partial charge in [-0.2, -0.15) is 0 Å². The van der Waals surface area contributed by atoms with Gasteiger partial charge in [0, 0.05) is 58.1 Å². The van der Waals surface area contributed by atoms with Gasteiger partial charge in [0.1, 0.15) is 6.33 Å². The van der Waals surface area contributed by atoms with Crippen LogP contribution < -0.4 is 0 Å². The molecular formula is C29H32N8O2. The highest BCUT2D eigenvalue weighted by molar-refractivity contribution is 5.94. The molecule has 2 aromatic heterocycles. The summed E-state index contributed by atoms with van der Waals surface area (Å²) in [5.74, 6) is -0.0477. The number of carbonyl (C=O) groups excluding carboxylic acids is 2. The molecule has 1 aliphatic heterocycles. The van der Waals surface area contributed by atoms with Crippen LogP contribution in [0.3, 0.4) is 0 Å². The van der Waals surface area contributed by atoms with E-state index in [2.05, 4.69) is 73.9 Å². The Bertz CT molecular complexity index is 1300. The van der Waals surface area contributed by atoms with E-state index in [0.29, 0.717) is 38.3 Å². The molecular weight excluding hydrogens is 492 g/mol. The van der Waals surface area contributed by atoms with Gasteiger partial charge in [-0.25, -0.2) is 4.68 Å². The molecule has 39 heavy (non-hydrogen) atoms. The Morgan fingerprint density at radius 3 is 2.31 bits per heavy atom. The second kappa shape index (κ2) is 12.4. The van der Waals surface area contributed by atoms with Gasteiger partial charge in [-0.05, 0) is 33.7 Å². The number of tetrazole rings is 1. The minimum absolute atomic E-state index is 0.00266. The van der Waals surface area contributed by atoms with Gasteiger partial charge in [-0.15, -0.1) is 5.10 Å². The molecule has 4 aromatic rings. The van der Waals surface area contributed by atoms with E-state index >= 15 is 0 Å². The van der Waals surface area contributed by atoms with E-state index in [1.807, 2.05) is 24.1 Å². The van der Waals surface area contributed by atoms with Crippen LogP contribution in [0.2, 0.25) is 0 Å². The molecule has 0 bridgehead atoms. The van der Waals surface area contributed by atoms with Crippen LogP contribution in [-0.2, 0) is 11.3 Å². The van der Waals surface area contributed by atoms with Crippen molar-refractivity contribution < 1.29 is 9.59 Å². The summed E-state index contributed by atoms with van der Waals surface area (Å²) in [6.07, 6.45) is 5.06. The molecule has 1 fully saturated rings. The zero-order chi connectivity index (χ0) is 27.0. The molecule has 0 N–H and O–H groups in total. The molecule has 0 radical (unpaired) electrons. The van der Waals surface area contributed by atoms with Crippen molar-refractivity contribution in [1.29, 1.82) is 0 Å². The predicted octanol–water partition coefficient (Wildman–Crippen LogP) is 2.53. The molecule has 1 unspecified atom stereocenters. The Kier molecular flexibility index (Phi) is 8.33. The molecule has 1 saturated heterocycles. The largest absolute Gasteiger partial charge is 0.344 e. The second-order valence-corrected chi connectivity index (χ2v) is 9.71. The van der Waals surface area contributed by atoms with Crippen LogP contribution in [0, 0.1) is 0 Å². The quantitative estimate of drug-likeness (QED) is 0.332. The third-order valence-corrected chi connectivity index (χ3v) is 7.14. The summed E-state index contributed by atoms with van der Waals surface area (Å²) in [6, 6.07) is 24.3. The van der Waals surface area contributed by atoms with E-state index in [0.717, 1.165) is 0 Å². The number of piperazine rings is 1. The Morgan fingerprint density at radius 1 is 0.974 bits per heavy atom. The van der Waals surface area contributed by atoms with Crippen LogP contribution in [-0.4, -0.2) is 91.0 Å². The summed E-state index contributed by atoms with van der Waals surface area (Å²) >= 11 is 0. The molecule has 0 saturated carbocycles. The lowest BCUT2D eigenvalue weighted by molar-refractivity contribution is -0.131. The molecule has 2 amide bonds. The number of aryl methyl sites for hydroxylation is 1. The van der Waals surface area contributed by atoms with Crippen LogP contribution in [0.1, 0.15) is 33.9 Å². The van der Waals surface area contributed by atoms with Crippen molar-refractivity contribution >= 4 is 11.8 Å². The number of rotatable bonds is 9. The topological polar surface area (TPSA) is 100 Å². The fourth-order valence-electron chi connectivity index (χ4n) is 5.18. The monoisotopic (exact) mass is 524 g/mol. The van der Waals surface area contributed by atoms with Crippen molar-refractivity contribution in [3.8, 4) is 0 Å². The van der Waals surface area contributed by atoms with Gasteiger partial charge in [0.2, 0.25) is 5.91 Å². The Labute approximate surface area is 227 Å². The second-order valence-electron chi connectivity index (χ2n) is 9.71. The number of likely N-dealkylation sites (N-methyl/N-ethyl adjacent to an activating group) is 1. The zero-order valence-electron chi connectivity index (χ0n) is 22.0. The smallest absolute Gasteiger partial charge is 0.255 e. The lowest BCUT2D eigenvalue weighted by Gasteiger charge is -2.46. The maximum atomic E-state index is 13.4. The summed E-state index contributed by atoms with van der Waals surface area (Å²) in [6.45, 7) is 2.62. The lowest BCUT2D eigenvalue weighted by atomic mass is 9.94. The standard InChI is InChI=1S/C29H32N8O2/c1-34(27(38)14-16-36-22-31-32-33-36)20-26-21-35(29(39)25-13-8-15-30-19-25)17-18-37(26)28(23-9-4-2-5-10-23)24-11-6-3-7-12-24/h2-13,15,19,22,26,28H,14,16-18,20-21H2,1H3. The third-order valence-electron chi connectivity index (χ3n) is 7.14. The number of amides is 2. The minimum Gasteiger partial charge on any atom is -0.344 e. The predicted molar refractivity (Wildman–Crippen MR) is 145 cm³/mol. The summed E-state index contributed by atoms with van der Waals surface area (Å²) in [5, 5.41) is 11.1. The molecule has 3 heterocycles. The van der Waals surface area contributed by atoms with Crippen LogP contribution >= 0.6 is 0 Å². The molecule has 1 atom stereocenters. The Morgan fingerprint density at radius 2 is 1.69 bits per heavy atom. The normalized spacial score (nSPS) is 15.8. The minimum atomic E-state index is -0.0910. The van der Waals surface area contributed by atoms with Crippen LogP contribution in [0.15, 0.2) is 91.5 Å². The number of carbonyl (C=O) groups is 2. The maximum Gasteiger partial charge on any atom is 0.255 e. The highest BCUT2D eigenvalue weighted by Gasteiger charge is 2.36. The van der Waals surface area contributed by atoms with Crippen molar-refractivity contribution in [1.82, 2.24) is 39.9 Å². The first kappa shape index (κ1) is 26.2. The fraction of sp³-hybridized carbons (Fsp3) is 0.310. The fourth-order valence-corrected chi connectivity index (χ4v) is 5.18. The number of pyridine rings is 1. The van der Waals surface area contributed by atoms with E-state index in [1.54, 1.807) is 34.1 Å². The van der Waals surface area contributed by atoms with Gasteiger partial charge in [-0.1, -0.05) is 60.7 Å². The highest BCUT2D eigenvalue weighted by Crippen LogP contribution is 2.32. The van der Waals surface area contributed by atoms with Gasteiger partial charge >= 0.3 is 0 Å². The van der Waals surface area contributed by atoms with Crippen molar-refractivity contribution in [3.05, 3.63) is 108 Å². The van der Waals surface area contributed by atoms with Gasteiger partial charge in [-0.3, -0.25) is 19.5 Å². The van der Waals surface area contributed by atoms with Gasteiger partial charge < -0.3 is 9.80 Å². The number of benzene rings is 2. The van der Waals surface area contributed by atoms with Crippen molar-refractivity contribution in [2.45, 2.75) is 25.0 Å². The summed E-state index contributed by atoms with van der Waals surface area (Å²) in [7, 11) is 1.82. The first-order valence-electron chi connectivity index (χ1n) is 13.1. The molecule has 0 spiro atoms. The van der Waals surface area contributed by atoms with Crippen molar-refractivity contribution in [3.63, 3.8) is 0 Å². The molecule has 200 valence electrons. The van der Waals surface area contributed by atoms with Crippen LogP contribution in [0.5, 0.6) is 0 Å². The van der Waals surface area contributed by atoms with Gasteiger partial charge in [0.25, 0.3) is 5.91 Å². The number of aromatic nitrogens is 5. The number of hydrogen-bond acceptors (Lipinski definition) is 7. The Balaban J connectivity index is 1.41. The van der Waals surface area contributed by atoms with Crippen LogP contribution in [0.25, 0.3) is 0 Å². The molecule has 5 rings (SSSR count). The summed E-state index contributed by atoms with van der Waals surface area (Å²) in [4.78, 5) is 36.7. The van der Waals surface area contributed by atoms with E-state index in [4.69, 9.17) is 0 Å². The molecule has 10 heteroatoms. The van der Waals surface area contributed by atoms with Gasteiger partial charge in [0.05, 0.1) is 18.2 Å². The molecule has 10 nitrogen and oxygen atoms in total. The van der Waals surface area contributed by atoms with E-state index in [1.165, 1.54) is 17.5 Å². The average Bonchev–Trinajstić information content (AvgIpc) is 3.52. The molecule has 2 aromatic carbocycles. The first-order valence-corrected chi connectivity index (χ1v) is 13.1. The molecule has 1 aliphatic rings. The summed E-state index contributed by atoms with van der Waals surface area (Å²) < 4.78 is 1.55. The zero-order valence-corrected chi connectivity index (χ0v) is 22.0. The van der Waals surface area contributed by atoms with Gasteiger partial charge in [0.15, 0.2) is 0 Å².